The van der Waals surface area contributed by atoms with Crippen LogP contribution in [0, 0.1) is 24.6 Å². The Kier molecular flexibility index (Phi) is 8.30. The maximum Gasteiger partial charge on any atom is 0.253 e. The molecule has 0 unspecified atom stereocenters. The Balaban J connectivity index is 1.71. The maximum absolute atomic E-state index is 14.4. The molecule has 0 atom stereocenters. The average Bonchev–Trinajstić information content (AvgIpc) is 2.74. The quantitative estimate of drug-likeness (QED) is 0.557. The second-order valence-electron chi connectivity index (χ2n) is 9.74. The third-order valence-corrected chi connectivity index (χ3v) is 5.87. The summed E-state index contributed by atoms with van der Waals surface area (Å²) in [6.45, 7) is 15.1. The zero-order valence-electron chi connectivity index (χ0n) is 20.2. The summed E-state index contributed by atoms with van der Waals surface area (Å²) in [6, 6.07) is 11.0. The van der Waals surface area contributed by atoms with Gasteiger partial charge in [-0.3, -0.25) is 9.69 Å². The molecule has 1 aliphatic rings. The van der Waals surface area contributed by atoms with Gasteiger partial charge in [0.25, 0.3) is 5.91 Å². The van der Waals surface area contributed by atoms with Gasteiger partial charge in [-0.1, -0.05) is 45.9 Å². The van der Waals surface area contributed by atoms with E-state index in [4.69, 9.17) is 4.74 Å². The fourth-order valence-electron chi connectivity index (χ4n) is 4.26. The summed E-state index contributed by atoms with van der Waals surface area (Å²) in [4.78, 5) is 17.5. The Hall–Kier alpha value is -2.40. The molecule has 3 rings (SSSR count). The lowest BCUT2D eigenvalue weighted by molar-refractivity contribution is 0.0623. The van der Waals surface area contributed by atoms with Crippen molar-refractivity contribution in [3.05, 3.63) is 64.5 Å². The number of hydrogen-bond acceptors (Lipinski definition) is 3. The minimum Gasteiger partial charge on any atom is -0.489 e. The van der Waals surface area contributed by atoms with Crippen LogP contribution in [0.25, 0.3) is 0 Å². The Morgan fingerprint density at radius 2 is 1.72 bits per heavy atom. The average molecular weight is 441 g/mol. The van der Waals surface area contributed by atoms with E-state index in [1.54, 1.807) is 19.1 Å². The molecule has 0 aromatic heterocycles. The van der Waals surface area contributed by atoms with Crippen LogP contribution in [0.4, 0.5) is 4.39 Å². The number of nitrogens with zero attached hydrogens (tertiary/aromatic N) is 2. The lowest BCUT2D eigenvalue weighted by Gasteiger charge is -2.35. The maximum atomic E-state index is 14.4. The minimum atomic E-state index is -0.221. The Morgan fingerprint density at radius 1 is 1.00 bits per heavy atom. The van der Waals surface area contributed by atoms with Gasteiger partial charge in [0.15, 0.2) is 0 Å². The number of benzene rings is 2. The monoisotopic (exact) mass is 440 g/mol. The van der Waals surface area contributed by atoms with Crippen molar-refractivity contribution in [2.24, 2.45) is 11.8 Å². The van der Waals surface area contributed by atoms with Crippen LogP contribution in [0.3, 0.4) is 0 Å². The third kappa shape index (κ3) is 6.32. The van der Waals surface area contributed by atoms with Gasteiger partial charge in [-0.05, 0) is 54.5 Å². The molecule has 1 fully saturated rings. The molecule has 0 saturated carbocycles. The SMILES string of the molecule is Cc1cccc(COc2ccc(C(=O)N3CCN(CC(C)C)CC3)cc2CC(C)C)c1F. The summed E-state index contributed by atoms with van der Waals surface area (Å²) in [5.74, 6) is 1.63. The van der Waals surface area contributed by atoms with Gasteiger partial charge in [0, 0.05) is 43.9 Å². The van der Waals surface area contributed by atoms with E-state index in [-0.39, 0.29) is 18.3 Å². The highest BCUT2D eigenvalue weighted by molar-refractivity contribution is 5.94. The lowest BCUT2D eigenvalue weighted by atomic mass is 9.99. The zero-order valence-corrected chi connectivity index (χ0v) is 20.2. The van der Waals surface area contributed by atoms with Gasteiger partial charge >= 0.3 is 0 Å². The first-order chi connectivity index (χ1) is 15.2. The standard InChI is InChI=1S/C27H37FN2O2/c1-19(2)15-24-16-22(27(31)30-13-11-29(12-14-30)17-20(3)4)9-10-25(24)32-18-23-8-6-7-21(5)26(23)28/h6-10,16,19-20H,11-15,17-18H2,1-5H3. The van der Waals surface area contributed by atoms with Crippen LogP contribution in [0.2, 0.25) is 0 Å². The fourth-order valence-corrected chi connectivity index (χ4v) is 4.26. The predicted octanol–water partition coefficient (Wildman–Crippen LogP) is 5.33. The van der Waals surface area contributed by atoms with Gasteiger partial charge in [-0.15, -0.1) is 0 Å². The second-order valence-corrected chi connectivity index (χ2v) is 9.74. The summed E-state index contributed by atoms with van der Waals surface area (Å²) in [5.41, 5.74) is 2.85. The third-order valence-electron chi connectivity index (χ3n) is 5.87. The number of rotatable bonds is 8. The number of hydrogen-bond donors (Lipinski definition) is 0. The molecule has 0 bridgehead atoms. The van der Waals surface area contributed by atoms with Gasteiger partial charge in [-0.25, -0.2) is 4.39 Å². The summed E-state index contributed by atoms with van der Waals surface area (Å²) in [7, 11) is 0. The molecule has 174 valence electrons. The molecular formula is C27H37FN2O2. The molecule has 1 heterocycles. The van der Waals surface area contributed by atoms with Crippen LogP contribution in [0.15, 0.2) is 36.4 Å². The lowest BCUT2D eigenvalue weighted by Crippen LogP contribution is -2.49. The molecule has 0 radical (unpaired) electrons. The van der Waals surface area contributed by atoms with E-state index in [1.165, 1.54) is 0 Å². The predicted molar refractivity (Wildman–Crippen MR) is 128 cm³/mol. The first-order valence-corrected chi connectivity index (χ1v) is 11.8. The van der Waals surface area contributed by atoms with Gasteiger partial charge in [-0.2, -0.15) is 0 Å². The molecule has 1 aliphatic heterocycles. The van der Waals surface area contributed by atoms with Crippen LogP contribution in [0.5, 0.6) is 5.75 Å². The van der Waals surface area contributed by atoms with Crippen molar-refractivity contribution in [1.82, 2.24) is 9.80 Å². The molecule has 1 amide bonds. The van der Waals surface area contributed by atoms with Gasteiger partial charge in [0.2, 0.25) is 0 Å². The van der Waals surface area contributed by atoms with Crippen LogP contribution in [0.1, 0.15) is 54.7 Å². The van der Waals surface area contributed by atoms with Gasteiger partial charge in [0.05, 0.1) is 0 Å². The molecule has 1 saturated heterocycles. The van der Waals surface area contributed by atoms with E-state index in [1.807, 2.05) is 29.2 Å². The van der Waals surface area contributed by atoms with E-state index in [2.05, 4.69) is 32.6 Å². The van der Waals surface area contributed by atoms with Crippen LogP contribution >= 0.6 is 0 Å². The smallest absolute Gasteiger partial charge is 0.253 e. The summed E-state index contributed by atoms with van der Waals surface area (Å²) in [5, 5.41) is 0. The Labute approximate surface area is 192 Å². The molecule has 0 N–H and O–H groups in total. The minimum absolute atomic E-state index is 0.0791. The number of carbonyl (C=O) groups is 1. The highest BCUT2D eigenvalue weighted by Crippen LogP contribution is 2.26. The summed E-state index contributed by atoms with van der Waals surface area (Å²) < 4.78 is 20.4. The van der Waals surface area contributed by atoms with E-state index >= 15 is 0 Å². The Bertz CT molecular complexity index is 918. The fraction of sp³-hybridized carbons (Fsp3) is 0.519. The van der Waals surface area contributed by atoms with E-state index in [0.717, 1.165) is 50.5 Å². The number of ether oxygens (including phenoxy) is 1. The van der Waals surface area contributed by atoms with Crippen LogP contribution in [-0.4, -0.2) is 48.4 Å². The van der Waals surface area contributed by atoms with E-state index in [9.17, 15) is 9.18 Å². The van der Waals surface area contributed by atoms with Crippen LogP contribution < -0.4 is 4.74 Å². The molecule has 0 aliphatic carbocycles. The molecule has 2 aromatic carbocycles. The molecule has 4 nitrogen and oxygen atoms in total. The van der Waals surface area contributed by atoms with E-state index in [0.29, 0.717) is 28.5 Å². The van der Waals surface area contributed by atoms with Crippen molar-refractivity contribution < 1.29 is 13.9 Å². The summed E-state index contributed by atoms with van der Waals surface area (Å²) in [6.07, 6.45) is 0.801. The van der Waals surface area contributed by atoms with Crippen LogP contribution in [-0.2, 0) is 13.0 Å². The molecule has 0 spiro atoms. The highest BCUT2D eigenvalue weighted by Gasteiger charge is 2.23. The number of aryl methyl sites for hydroxylation is 1. The summed E-state index contributed by atoms with van der Waals surface area (Å²) >= 11 is 0. The second kappa shape index (κ2) is 11.0. The Morgan fingerprint density at radius 3 is 2.38 bits per heavy atom. The van der Waals surface area contributed by atoms with Gasteiger partial charge < -0.3 is 9.64 Å². The molecule has 32 heavy (non-hydrogen) atoms. The van der Waals surface area contributed by atoms with Crippen molar-refractivity contribution >= 4 is 5.91 Å². The largest absolute Gasteiger partial charge is 0.489 e. The molecule has 2 aromatic rings. The zero-order chi connectivity index (χ0) is 23.3. The molecular weight excluding hydrogens is 403 g/mol. The number of piperazine rings is 1. The van der Waals surface area contributed by atoms with Gasteiger partial charge in [0.1, 0.15) is 18.2 Å². The van der Waals surface area contributed by atoms with Crippen molar-refractivity contribution in [3.8, 4) is 5.75 Å². The molecule has 5 heteroatoms. The number of carbonyl (C=O) groups excluding carboxylic acids is 1. The number of halogens is 1. The number of amides is 1. The van der Waals surface area contributed by atoms with Crippen molar-refractivity contribution in [1.29, 1.82) is 0 Å². The van der Waals surface area contributed by atoms with Crippen molar-refractivity contribution in [3.63, 3.8) is 0 Å². The first-order valence-electron chi connectivity index (χ1n) is 11.8. The highest BCUT2D eigenvalue weighted by atomic mass is 19.1. The van der Waals surface area contributed by atoms with Crippen molar-refractivity contribution in [2.75, 3.05) is 32.7 Å². The topological polar surface area (TPSA) is 32.8 Å². The first kappa shape index (κ1) is 24.2. The van der Waals surface area contributed by atoms with Crippen molar-refractivity contribution in [2.45, 2.75) is 47.6 Å². The normalized spacial score (nSPS) is 14.9. The van der Waals surface area contributed by atoms with E-state index < -0.39 is 0 Å².